The molecule has 0 atom stereocenters. The van der Waals surface area contributed by atoms with Crippen molar-refractivity contribution in [1.82, 2.24) is 10.3 Å². The largest absolute Gasteiger partial charge is 0.392 e. The first kappa shape index (κ1) is 18.8. The molecule has 6 heteroatoms. The predicted molar refractivity (Wildman–Crippen MR) is 120 cm³/mol. The van der Waals surface area contributed by atoms with Crippen LogP contribution in [0, 0.1) is 0 Å². The molecule has 30 heavy (non-hydrogen) atoms. The molecule has 3 heterocycles. The Bertz CT molecular complexity index is 1180. The number of hydrogen-bond donors (Lipinski definition) is 3. The van der Waals surface area contributed by atoms with Crippen LogP contribution in [-0.2, 0) is 13.0 Å². The molecule has 2 aliphatic rings. The Labute approximate surface area is 174 Å². The molecule has 6 nitrogen and oxygen atoms in total. The molecule has 3 aromatic rings. The maximum Gasteiger partial charge on any atom is 0.257 e. The van der Waals surface area contributed by atoms with Crippen LogP contribution in [0.1, 0.15) is 16.7 Å². The maximum absolute atomic E-state index is 12.6. The van der Waals surface area contributed by atoms with Gasteiger partial charge in [0.25, 0.3) is 5.56 Å². The number of aliphatic hydroxyl groups is 1. The number of piperazine rings is 1. The average molecular weight is 400 g/mol. The van der Waals surface area contributed by atoms with Crippen molar-refractivity contribution < 1.29 is 5.11 Å². The number of H-pyrrole nitrogens is 1. The molecule has 3 N–H and O–H groups in total. The Morgan fingerprint density at radius 3 is 2.73 bits per heavy atom. The number of benzene rings is 2. The first-order valence-electron chi connectivity index (χ1n) is 10.3. The van der Waals surface area contributed by atoms with Gasteiger partial charge in [0, 0.05) is 44.5 Å². The molecule has 1 aromatic heterocycles. The lowest BCUT2D eigenvalue weighted by atomic mass is 10.00. The van der Waals surface area contributed by atoms with Crippen molar-refractivity contribution in [2.45, 2.75) is 13.0 Å². The second kappa shape index (κ2) is 7.89. The van der Waals surface area contributed by atoms with Crippen LogP contribution in [0.4, 0.5) is 11.4 Å². The monoisotopic (exact) mass is 400 g/mol. The van der Waals surface area contributed by atoms with Gasteiger partial charge in [-0.1, -0.05) is 24.3 Å². The van der Waals surface area contributed by atoms with E-state index in [9.17, 15) is 9.90 Å². The van der Waals surface area contributed by atoms with E-state index in [2.05, 4.69) is 33.4 Å². The van der Waals surface area contributed by atoms with Gasteiger partial charge < -0.3 is 20.3 Å². The van der Waals surface area contributed by atoms with Gasteiger partial charge >= 0.3 is 0 Å². The quantitative estimate of drug-likeness (QED) is 0.629. The normalized spacial score (nSPS) is 15.8. The molecule has 1 fully saturated rings. The highest BCUT2D eigenvalue weighted by atomic mass is 16.3. The molecule has 1 saturated heterocycles. The number of nitrogens with zero attached hydrogens (tertiary/aromatic N) is 2. The van der Waals surface area contributed by atoms with Gasteiger partial charge in [-0.25, -0.2) is 0 Å². The summed E-state index contributed by atoms with van der Waals surface area (Å²) in [5.74, 6) is 0. The summed E-state index contributed by atoms with van der Waals surface area (Å²) >= 11 is 0. The number of aromatic amines is 1. The maximum atomic E-state index is 12.6. The molecule has 152 valence electrons. The molecule has 0 spiro atoms. The van der Waals surface area contributed by atoms with Crippen LogP contribution in [0.25, 0.3) is 11.1 Å². The number of hydrogen-bond acceptors (Lipinski definition) is 5. The van der Waals surface area contributed by atoms with Gasteiger partial charge in [0.1, 0.15) is 0 Å². The summed E-state index contributed by atoms with van der Waals surface area (Å²) in [6.45, 7) is 3.95. The van der Waals surface area contributed by atoms with E-state index < -0.39 is 0 Å². The van der Waals surface area contributed by atoms with E-state index in [-0.39, 0.29) is 12.2 Å². The lowest BCUT2D eigenvalue weighted by Gasteiger charge is -2.29. The minimum absolute atomic E-state index is 0.0124. The highest BCUT2D eigenvalue weighted by Gasteiger charge is 2.21. The standard InChI is InChI=1S/C24H24N4O2/c29-15-16-2-1-3-17(10-16)19-11-21(24(30)26-14-19)23-12-18-4-5-20(13-22(18)27-23)28-8-6-25-7-9-28/h1-5,10-11,13-14,25,29H,6-9,12,15H2,(H,26,30). The fourth-order valence-electron chi connectivity index (χ4n) is 4.16. The van der Waals surface area contributed by atoms with Gasteiger partial charge in [0.2, 0.25) is 0 Å². The Morgan fingerprint density at radius 2 is 1.90 bits per heavy atom. The van der Waals surface area contributed by atoms with Crippen molar-refractivity contribution in [1.29, 1.82) is 0 Å². The van der Waals surface area contributed by atoms with Gasteiger partial charge in [-0.2, -0.15) is 0 Å². The summed E-state index contributed by atoms with van der Waals surface area (Å²) in [6, 6.07) is 16.0. The van der Waals surface area contributed by atoms with Gasteiger partial charge in [0.05, 0.1) is 23.6 Å². The molecule has 2 aromatic carbocycles. The predicted octanol–water partition coefficient (Wildman–Crippen LogP) is 2.62. The SMILES string of the molecule is O=c1[nH]cc(-c2cccc(CO)c2)cc1C1=Nc2cc(N3CCNCC3)ccc2C1. The third kappa shape index (κ3) is 3.56. The van der Waals surface area contributed by atoms with E-state index >= 15 is 0 Å². The Morgan fingerprint density at radius 1 is 1.03 bits per heavy atom. The number of aliphatic hydroxyl groups excluding tert-OH is 1. The van der Waals surface area contributed by atoms with Gasteiger partial charge in [0.15, 0.2) is 0 Å². The molecule has 0 unspecified atom stereocenters. The van der Waals surface area contributed by atoms with E-state index in [1.54, 1.807) is 6.20 Å². The first-order chi connectivity index (χ1) is 14.7. The van der Waals surface area contributed by atoms with E-state index in [0.717, 1.165) is 59.8 Å². The number of fused-ring (bicyclic) bond motifs is 1. The Hall–Kier alpha value is -3.22. The Kier molecular flexibility index (Phi) is 4.94. The van der Waals surface area contributed by atoms with E-state index in [1.165, 1.54) is 5.69 Å². The smallest absolute Gasteiger partial charge is 0.257 e. The van der Waals surface area contributed by atoms with Crippen LogP contribution in [0.15, 0.2) is 64.5 Å². The molecule has 2 aliphatic heterocycles. The van der Waals surface area contributed by atoms with Crippen LogP contribution < -0.4 is 15.8 Å². The molecule has 0 bridgehead atoms. The molecule has 0 radical (unpaired) electrons. The summed E-state index contributed by atoms with van der Waals surface area (Å²) < 4.78 is 0. The summed E-state index contributed by atoms with van der Waals surface area (Å²) in [6.07, 6.45) is 2.37. The lowest BCUT2D eigenvalue weighted by molar-refractivity contribution is 0.282. The topological polar surface area (TPSA) is 80.7 Å². The minimum Gasteiger partial charge on any atom is -0.392 e. The van der Waals surface area contributed by atoms with Crippen molar-refractivity contribution in [3.63, 3.8) is 0 Å². The van der Waals surface area contributed by atoms with Crippen molar-refractivity contribution in [3.05, 3.63) is 81.8 Å². The van der Waals surface area contributed by atoms with Gasteiger partial charge in [-0.3, -0.25) is 9.79 Å². The second-order valence-corrected chi connectivity index (χ2v) is 7.77. The number of aromatic nitrogens is 1. The Balaban J connectivity index is 1.48. The van der Waals surface area contributed by atoms with Crippen molar-refractivity contribution >= 4 is 17.1 Å². The second-order valence-electron chi connectivity index (χ2n) is 7.77. The van der Waals surface area contributed by atoms with Crippen molar-refractivity contribution in [2.75, 3.05) is 31.1 Å². The summed E-state index contributed by atoms with van der Waals surface area (Å²) in [4.78, 5) is 22.6. The average Bonchev–Trinajstić information content (AvgIpc) is 3.23. The molecular weight excluding hydrogens is 376 g/mol. The van der Waals surface area contributed by atoms with E-state index in [1.807, 2.05) is 30.3 Å². The first-order valence-corrected chi connectivity index (χ1v) is 10.3. The third-order valence-corrected chi connectivity index (χ3v) is 5.82. The zero-order valence-electron chi connectivity index (χ0n) is 16.7. The van der Waals surface area contributed by atoms with Crippen LogP contribution in [0.2, 0.25) is 0 Å². The summed E-state index contributed by atoms with van der Waals surface area (Å²) in [5.41, 5.74) is 7.24. The van der Waals surface area contributed by atoms with Crippen LogP contribution in [0.5, 0.6) is 0 Å². The highest BCUT2D eigenvalue weighted by molar-refractivity contribution is 6.07. The van der Waals surface area contributed by atoms with Gasteiger partial charge in [-0.15, -0.1) is 0 Å². The number of pyridine rings is 1. The summed E-state index contributed by atoms with van der Waals surface area (Å²) in [7, 11) is 0. The third-order valence-electron chi connectivity index (χ3n) is 5.82. The molecule has 5 rings (SSSR count). The van der Waals surface area contributed by atoms with Crippen molar-refractivity contribution in [3.8, 4) is 11.1 Å². The van der Waals surface area contributed by atoms with Crippen LogP contribution >= 0.6 is 0 Å². The van der Waals surface area contributed by atoms with Crippen molar-refractivity contribution in [2.24, 2.45) is 4.99 Å². The molecule has 0 saturated carbocycles. The number of anilines is 1. The number of nitrogens with one attached hydrogen (secondary N) is 2. The van der Waals surface area contributed by atoms with Crippen LogP contribution in [0.3, 0.4) is 0 Å². The van der Waals surface area contributed by atoms with E-state index in [0.29, 0.717) is 12.0 Å². The van der Waals surface area contributed by atoms with Crippen LogP contribution in [-0.4, -0.2) is 42.0 Å². The zero-order valence-corrected chi connectivity index (χ0v) is 16.7. The fourth-order valence-corrected chi connectivity index (χ4v) is 4.16. The number of aliphatic imine (C=N–C) groups is 1. The van der Waals surface area contributed by atoms with Gasteiger partial charge in [-0.05, 0) is 46.5 Å². The molecule has 0 aliphatic carbocycles. The molecular formula is C24H24N4O2. The fraction of sp³-hybridized carbons (Fsp3) is 0.250. The summed E-state index contributed by atoms with van der Waals surface area (Å²) in [5, 5.41) is 12.8. The number of rotatable bonds is 4. The molecule has 0 amide bonds. The zero-order chi connectivity index (χ0) is 20.5. The lowest BCUT2D eigenvalue weighted by Crippen LogP contribution is -2.43. The highest BCUT2D eigenvalue weighted by Crippen LogP contribution is 2.33. The minimum atomic E-state index is -0.133. The van der Waals surface area contributed by atoms with E-state index in [4.69, 9.17) is 4.99 Å².